The molecule has 0 rings (SSSR count). The van der Waals surface area contributed by atoms with Crippen LogP contribution in [0.3, 0.4) is 0 Å². The third kappa shape index (κ3) is 22.9. The van der Waals surface area contributed by atoms with Gasteiger partial charge in [0.25, 0.3) is 0 Å². The van der Waals surface area contributed by atoms with E-state index in [2.05, 4.69) is 0 Å². The van der Waals surface area contributed by atoms with E-state index in [1.165, 1.54) is 18.2 Å². The van der Waals surface area contributed by atoms with Gasteiger partial charge in [-0.15, -0.1) is 0 Å². The Bertz CT molecular complexity index is 104. The third-order valence-electron chi connectivity index (χ3n) is 0.779. The summed E-state index contributed by atoms with van der Waals surface area (Å²) in [6.07, 6.45) is 5.92. The van der Waals surface area contributed by atoms with Crippen LogP contribution in [0.15, 0.2) is 24.5 Å². The molecule has 0 radical (unpaired) electrons. The van der Waals surface area contributed by atoms with E-state index in [0.717, 1.165) is 6.26 Å². The minimum absolute atomic E-state index is 0.0144. The summed E-state index contributed by atoms with van der Waals surface area (Å²) in [7, 11) is 0. The first-order valence-electron chi connectivity index (χ1n) is 3.60. The Kier molecular flexibility index (Phi) is 19.0. The van der Waals surface area contributed by atoms with E-state index in [1.807, 2.05) is 0 Å². The van der Waals surface area contributed by atoms with Gasteiger partial charge in [0, 0.05) is 6.61 Å². The summed E-state index contributed by atoms with van der Waals surface area (Å²) in [5.74, 6) is 0. The Balaban J connectivity index is 0. The number of hydrogen-bond acceptors (Lipinski definition) is 4. The Morgan fingerprint density at radius 1 is 0.833 bits per heavy atom. The fraction of sp³-hybridized carbons (Fsp3) is 0.500. The molecule has 0 aliphatic rings. The second kappa shape index (κ2) is 16.6. The van der Waals surface area contributed by atoms with Crippen LogP contribution in [-0.4, -0.2) is 40.2 Å². The van der Waals surface area contributed by atoms with Gasteiger partial charge >= 0.3 is 0 Å². The van der Waals surface area contributed by atoms with Crippen LogP contribution in [-0.2, 0) is 0 Å². The first-order valence-corrected chi connectivity index (χ1v) is 3.60. The molecule has 0 aromatic rings. The Morgan fingerprint density at radius 3 is 1.50 bits per heavy atom. The molecule has 0 aromatic heterocycles. The van der Waals surface area contributed by atoms with Crippen molar-refractivity contribution in [3.63, 3.8) is 0 Å². The van der Waals surface area contributed by atoms with Crippen molar-refractivity contribution in [1.29, 1.82) is 0 Å². The molecule has 0 atom stereocenters. The molecular formula is C8H16O4. The molecular weight excluding hydrogens is 160 g/mol. The Hall–Kier alpha value is -0.840. The van der Waals surface area contributed by atoms with Crippen LogP contribution in [0.5, 0.6) is 0 Å². The molecule has 0 heterocycles. The monoisotopic (exact) mass is 176 g/mol. The van der Waals surface area contributed by atoms with Crippen LogP contribution in [0.2, 0.25) is 0 Å². The van der Waals surface area contributed by atoms with Crippen molar-refractivity contribution in [2.75, 3.05) is 19.8 Å². The standard InChI is InChI=1S/2C4H8O2/c2*5-3-1-2-4-6/h1,3,5-6H,2,4H2;1-2,5-6H,3-4H2/b3-1+;2-1+. The van der Waals surface area contributed by atoms with Crippen LogP contribution in [0.1, 0.15) is 6.42 Å². The topological polar surface area (TPSA) is 80.9 Å². The van der Waals surface area contributed by atoms with Gasteiger partial charge in [-0.1, -0.05) is 12.2 Å². The summed E-state index contributed by atoms with van der Waals surface area (Å²) in [6, 6.07) is 0. The zero-order valence-corrected chi connectivity index (χ0v) is 6.93. The molecule has 0 saturated carbocycles. The highest BCUT2D eigenvalue weighted by Crippen LogP contribution is 1.74. The van der Waals surface area contributed by atoms with E-state index in [-0.39, 0.29) is 19.8 Å². The number of aliphatic hydroxyl groups is 4. The van der Waals surface area contributed by atoms with Crippen LogP contribution in [0.4, 0.5) is 0 Å². The van der Waals surface area contributed by atoms with Crippen molar-refractivity contribution >= 4 is 0 Å². The molecule has 0 aliphatic carbocycles. The maximum Gasteiger partial charge on any atom is 0.0752 e. The van der Waals surface area contributed by atoms with Gasteiger partial charge in [-0.3, -0.25) is 0 Å². The number of aliphatic hydroxyl groups excluding tert-OH is 4. The van der Waals surface area contributed by atoms with Crippen molar-refractivity contribution in [3.05, 3.63) is 24.5 Å². The first kappa shape index (κ1) is 13.7. The molecule has 4 heteroatoms. The molecule has 0 unspecified atom stereocenters. The molecule has 0 aliphatic heterocycles. The SMILES string of the molecule is O/C=C/CCO.OC/C=C/CO. The summed E-state index contributed by atoms with van der Waals surface area (Å²) >= 11 is 0. The largest absolute Gasteiger partial charge is 0.516 e. The summed E-state index contributed by atoms with van der Waals surface area (Å²) in [5.41, 5.74) is 0. The van der Waals surface area contributed by atoms with Gasteiger partial charge in [-0.05, 0) is 12.5 Å². The minimum Gasteiger partial charge on any atom is -0.516 e. The lowest BCUT2D eigenvalue weighted by Crippen LogP contribution is -1.74. The van der Waals surface area contributed by atoms with Crippen LogP contribution in [0, 0.1) is 0 Å². The van der Waals surface area contributed by atoms with E-state index < -0.39 is 0 Å². The lowest BCUT2D eigenvalue weighted by atomic mass is 10.5. The second-order valence-electron chi connectivity index (χ2n) is 1.73. The van der Waals surface area contributed by atoms with Crippen molar-refractivity contribution in [2.24, 2.45) is 0 Å². The maximum atomic E-state index is 8.04. The minimum atomic E-state index is 0.0144. The summed E-state index contributed by atoms with van der Waals surface area (Å²) in [4.78, 5) is 0. The highest BCUT2D eigenvalue weighted by molar-refractivity contribution is 4.78. The molecule has 0 fully saturated rings. The highest BCUT2D eigenvalue weighted by Gasteiger charge is 1.67. The Morgan fingerprint density at radius 2 is 1.33 bits per heavy atom. The molecule has 72 valence electrons. The second-order valence-corrected chi connectivity index (χ2v) is 1.73. The molecule has 0 amide bonds. The van der Waals surface area contributed by atoms with Gasteiger partial charge in [-0.25, -0.2) is 0 Å². The number of hydrogen-bond donors (Lipinski definition) is 4. The van der Waals surface area contributed by atoms with Gasteiger partial charge in [0.15, 0.2) is 0 Å². The van der Waals surface area contributed by atoms with Crippen molar-refractivity contribution < 1.29 is 20.4 Å². The zero-order chi connectivity index (χ0) is 9.66. The molecule has 4 N–H and O–H groups in total. The smallest absolute Gasteiger partial charge is 0.0752 e. The van der Waals surface area contributed by atoms with Gasteiger partial charge in [-0.2, -0.15) is 0 Å². The van der Waals surface area contributed by atoms with Crippen LogP contribution >= 0.6 is 0 Å². The third-order valence-corrected chi connectivity index (χ3v) is 0.779. The maximum absolute atomic E-state index is 8.04. The van der Waals surface area contributed by atoms with E-state index in [4.69, 9.17) is 20.4 Å². The molecule has 4 nitrogen and oxygen atoms in total. The lowest BCUT2D eigenvalue weighted by molar-refractivity contribution is 0.301. The predicted octanol–water partition coefficient (Wildman–Crippen LogP) is -0.0323. The normalized spacial score (nSPS) is 10.2. The molecule has 0 aromatic carbocycles. The summed E-state index contributed by atoms with van der Waals surface area (Å²) in [6.45, 7) is 0.137. The van der Waals surface area contributed by atoms with E-state index in [1.54, 1.807) is 0 Å². The lowest BCUT2D eigenvalue weighted by Gasteiger charge is -1.76. The Labute approximate surface area is 72.1 Å². The molecule has 12 heavy (non-hydrogen) atoms. The number of rotatable bonds is 4. The van der Waals surface area contributed by atoms with E-state index >= 15 is 0 Å². The van der Waals surface area contributed by atoms with E-state index in [9.17, 15) is 0 Å². The van der Waals surface area contributed by atoms with Gasteiger partial charge < -0.3 is 20.4 Å². The van der Waals surface area contributed by atoms with Crippen molar-refractivity contribution in [3.8, 4) is 0 Å². The zero-order valence-electron chi connectivity index (χ0n) is 6.93. The van der Waals surface area contributed by atoms with Gasteiger partial charge in [0.2, 0.25) is 0 Å². The fourth-order valence-electron chi connectivity index (χ4n) is 0.298. The quantitative estimate of drug-likeness (QED) is 0.358. The average Bonchev–Trinajstić information content (AvgIpc) is 2.12. The average molecular weight is 176 g/mol. The molecule has 0 spiro atoms. The molecule has 0 bridgehead atoms. The summed E-state index contributed by atoms with van der Waals surface area (Å²) in [5, 5.41) is 31.9. The van der Waals surface area contributed by atoms with Crippen molar-refractivity contribution in [1.82, 2.24) is 0 Å². The van der Waals surface area contributed by atoms with E-state index in [0.29, 0.717) is 6.42 Å². The molecule has 0 saturated heterocycles. The summed E-state index contributed by atoms with van der Waals surface area (Å²) < 4.78 is 0. The first-order chi connectivity index (χ1) is 5.83. The predicted molar refractivity (Wildman–Crippen MR) is 46.8 cm³/mol. The van der Waals surface area contributed by atoms with Gasteiger partial charge in [0.1, 0.15) is 0 Å². The fourth-order valence-corrected chi connectivity index (χ4v) is 0.298. The van der Waals surface area contributed by atoms with Crippen LogP contribution in [0.25, 0.3) is 0 Å². The van der Waals surface area contributed by atoms with Crippen LogP contribution < -0.4 is 0 Å². The van der Waals surface area contributed by atoms with Crippen molar-refractivity contribution in [2.45, 2.75) is 6.42 Å². The highest BCUT2D eigenvalue weighted by atomic mass is 16.3. The van der Waals surface area contributed by atoms with Gasteiger partial charge in [0.05, 0.1) is 19.5 Å².